The van der Waals surface area contributed by atoms with Gasteiger partial charge in [-0.1, -0.05) is 6.07 Å². The number of likely N-dealkylation sites (tertiary alicyclic amines) is 1. The third-order valence-electron chi connectivity index (χ3n) is 4.25. The second-order valence-electron chi connectivity index (χ2n) is 5.88. The highest BCUT2D eigenvalue weighted by Gasteiger charge is 2.36. The summed E-state index contributed by atoms with van der Waals surface area (Å²) in [5.41, 5.74) is 2.35. The molecule has 1 heterocycles. The van der Waals surface area contributed by atoms with Crippen LogP contribution in [0.2, 0.25) is 0 Å². The number of rotatable bonds is 4. The predicted octanol–water partition coefficient (Wildman–Crippen LogP) is 3.12. The van der Waals surface area contributed by atoms with E-state index < -0.39 is 0 Å². The number of aryl methyl sites for hydroxylation is 1. The van der Waals surface area contributed by atoms with E-state index in [4.69, 9.17) is 0 Å². The maximum atomic E-state index is 13.6. The number of hydrogen-bond donors (Lipinski definition) is 1. The van der Waals surface area contributed by atoms with Gasteiger partial charge in [0.05, 0.1) is 0 Å². The van der Waals surface area contributed by atoms with Crippen molar-refractivity contribution in [2.45, 2.75) is 39.3 Å². The highest BCUT2D eigenvalue weighted by Crippen LogP contribution is 2.39. The summed E-state index contributed by atoms with van der Waals surface area (Å²) in [6, 6.07) is 6.01. The minimum absolute atomic E-state index is 0.126. The van der Waals surface area contributed by atoms with Crippen LogP contribution in [0.15, 0.2) is 18.2 Å². The summed E-state index contributed by atoms with van der Waals surface area (Å²) in [4.78, 5) is 2.50. The first kappa shape index (κ1) is 14.5. The van der Waals surface area contributed by atoms with E-state index in [1.807, 2.05) is 13.1 Å². The Bertz CT molecular complexity index is 431. The van der Waals surface area contributed by atoms with Crippen LogP contribution >= 0.6 is 0 Å². The molecule has 0 spiro atoms. The third-order valence-corrected chi connectivity index (χ3v) is 4.25. The van der Waals surface area contributed by atoms with Crippen molar-refractivity contribution in [2.75, 3.05) is 20.1 Å². The molecule has 0 aromatic heterocycles. The Morgan fingerprint density at radius 1 is 1.42 bits per heavy atom. The summed E-state index contributed by atoms with van der Waals surface area (Å²) in [5.74, 6) is 0.437. The van der Waals surface area contributed by atoms with E-state index in [0.29, 0.717) is 18.0 Å². The van der Waals surface area contributed by atoms with Gasteiger partial charge in [-0.15, -0.1) is 0 Å². The van der Waals surface area contributed by atoms with Crippen LogP contribution in [0.3, 0.4) is 0 Å². The summed E-state index contributed by atoms with van der Waals surface area (Å²) in [7, 11) is 1.99. The molecular weight excluding hydrogens is 239 g/mol. The quantitative estimate of drug-likeness (QED) is 0.899. The number of nitrogens with one attached hydrogen (secondary N) is 1. The van der Waals surface area contributed by atoms with Crippen molar-refractivity contribution in [1.82, 2.24) is 10.2 Å². The summed E-state index contributed by atoms with van der Waals surface area (Å²) in [6.07, 6.45) is 1.18. The van der Waals surface area contributed by atoms with Gasteiger partial charge in [0.1, 0.15) is 5.82 Å². The molecule has 2 rings (SSSR count). The summed E-state index contributed by atoms with van der Waals surface area (Å²) < 4.78 is 13.6. The van der Waals surface area contributed by atoms with E-state index >= 15 is 0 Å². The fourth-order valence-corrected chi connectivity index (χ4v) is 3.30. The van der Waals surface area contributed by atoms with Crippen molar-refractivity contribution in [3.05, 3.63) is 35.1 Å². The molecule has 1 aliphatic rings. The van der Waals surface area contributed by atoms with Crippen LogP contribution < -0.4 is 5.32 Å². The first-order valence-corrected chi connectivity index (χ1v) is 7.21. The Hall–Kier alpha value is -0.930. The maximum Gasteiger partial charge on any atom is 0.123 e. The van der Waals surface area contributed by atoms with Gasteiger partial charge in [0.25, 0.3) is 0 Å². The molecule has 1 aromatic carbocycles. The molecule has 0 amide bonds. The van der Waals surface area contributed by atoms with Gasteiger partial charge in [0, 0.05) is 12.1 Å². The van der Waals surface area contributed by atoms with E-state index in [1.165, 1.54) is 12.0 Å². The van der Waals surface area contributed by atoms with E-state index in [9.17, 15) is 4.39 Å². The molecule has 1 aliphatic heterocycles. The lowest BCUT2D eigenvalue weighted by Gasteiger charge is -2.32. The monoisotopic (exact) mass is 264 g/mol. The van der Waals surface area contributed by atoms with Crippen LogP contribution in [-0.4, -0.2) is 31.1 Å². The predicted molar refractivity (Wildman–Crippen MR) is 77.8 cm³/mol. The van der Waals surface area contributed by atoms with Gasteiger partial charge in [-0.25, -0.2) is 4.39 Å². The fraction of sp³-hybridized carbons (Fsp3) is 0.625. The molecule has 2 atom stereocenters. The topological polar surface area (TPSA) is 15.3 Å². The lowest BCUT2D eigenvalue weighted by atomic mass is 9.90. The lowest BCUT2D eigenvalue weighted by molar-refractivity contribution is 0.181. The second kappa shape index (κ2) is 6.02. The summed E-state index contributed by atoms with van der Waals surface area (Å²) >= 11 is 0. The molecule has 106 valence electrons. The van der Waals surface area contributed by atoms with Gasteiger partial charge in [-0.2, -0.15) is 0 Å². The van der Waals surface area contributed by atoms with E-state index in [1.54, 1.807) is 12.1 Å². The van der Waals surface area contributed by atoms with Crippen LogP contribution in [0.25, 0.3) is 0 Å². The molecule has 1 fully saturated rings. The lowest BCUT2D eigenvalue weighted by Crippen LogP contribution is -2.34. The van der Waals surface area contributed by atoms with Crippen molar-refractivity contribution in [1.29, 1.82) is 0 Å². The molecule has 0 radical (unpaired) electrons. The molecule has 1 saturated heterocycles. The Morgan fingerprint density at radius 3 is 2.79 bits per heavy atom. The number of benzene rings is 1. The first-order chi connectivity index (χ1) is 9.04. The molecule has 1 N–H and O–H groups in total. The summed E-state index contributed by atoms with van der Waals surface area (Å²) in [5, 5.41) is 3.28. The van der Waals surface area contributed by atoms with Crippen LogP contribution in [0.5, 0.6) is 0 Å². The van der Waals surface area contributed by atoms with Crippen molar-refractivity contribution in [2.24, 2.45) is 5.92 Å². The Kier molecular flexibility index (Phi) is 4.58. The van der Waals surface area contributed by atoms with Crippen LogP contribution in [0.1, 0.15) is 37.4 Å². The van der Waals surface area contributed by atoms with Gasteiger partial charge >= 0.3 is 0 Å². The van der Waals surface area contributed by atoms with Crippen molar-refractivity contribution >= 4 is 0 Å². The third kappa shape index (κ3) is 2.98. The zero-order chi connectivity index (χ0) is 14.0. The average molecular weight is 264 g/mol. The molecule has 2 nitrogen and oxygen atoms in total. The highest BCUT2D eigenvalue weighted by atomic mass is 19.1. The zero-order valence-electron chi connectivity index (χ0n) is 12.4. The first-order valence-electron chi connectivity index (χ1n) is 7.21. The Labute approximate surface area is 116 Å². The van der Waals surface area contributed by atoms with Gasteiger partial charge in [0.15, 0.2) is 0 Å². The molecule has 0 aliphatic carbocycles. The molecule has 0 bridgehead atoms. The number of hydrogen-bond acceptors (Lipinski definition) is 2. The fourth-order valence-electron chi connectivity index (χ4n) is 3.30. The molecule has 3 heteroatoms. The van der Waals surface area contributed by atoms with Gasteiger partial charge in [0.2, 0.25) is 0 Å². The van der Waals surface area contributed by atoms with E-state index in [2.05, 4.69) is 31.0 Å². The largest absolute Gasteiger partial charge is 0.319 e. The Morgan fingerprint density at radius 2 is 2.16 bits per heavy atom. The second-order valence-corrected chi connectivity index (χ2v) is 5.88. The zero-order valence-corrected chi connectivity index (χ0v) is 12.4. The standard InChI is InChI=1S/C16H25FN2/c1-11(2)19-8-7-13(10-18-4)16(19)15-9-14(17)6-5-12(15)3/h5-6,9,11,13,16,18H,7-8,10H2,1-4H3. The van der Waals surface area contributed by atoms with Crippen LogP contribution in [0.4, 0.5) is 4.39 Å². The highest BCUT2D eigenvalue weighted by molar-refractivity contribution is 5.31. The molecule has 2 unspecified atom stereocenters. The van der Waals surface area contributed by atoms with Crippen LogP contribution in [0, 0.1) is 18.7 Å². The molecule has 0 saturated carbocycles. The van der Waals surface area contributed by atoms with Crippen molar-refractivity contribution in [3.63, 3.8) is 0 Å². The average Bonchev–Trinajstić information content (AvgIpc) is 2.76. The number of halogens is 1. The van der Waals surface area contributed by atoms with Gasteiger partial charge < -0.3 is 5.32 Å². The van der Waals surface area contributed by atoms with Crippen molar-refractivity contribution in [3.8, 4) is 0 Å². The van der Waals surface area contributed by atoms with Crippen LogP contribution in [-0.2, 0) is 0 Å². The molecule has 1 aromatic rings. The van der Waals surface area contributed by atoms with Crippen molar-refractivity contribution < 1.29 is 4.39 Å². The number of nitrogens with zero attached hydrogens (tertiary/aromatic N) is 1. The van der Waals surface area contributed by atoms with Gasteiger partial charge in [-0.05, 0) is 76.5 Å². The molecule has 19 heavy (non-hydrogen) atoms. The normalized spacial score (nSPS) is 24.3. The molecular formula is C16H25FN2. The SMILES string of the molecule is CNCC1CCN(C(C)C)C1c1cc(F)ccc1C. The Balaban J connectivity index is 2.37. The minimum atomic E-state index is -0.126. The van der Waals surface area contributed by atoms with Gasteiger partial charge in [-0.3, -0.25) is 4.90 Å². The van der Waals surface area contributed by atoms with E-state index in [-0.39, 0.29) is 5.82 Å². The smallest absolute Gasteiger partial charge is 0.123 e. The minimum Gasteiger partial charge on any atom is -0.319 e. The summed E-state index contributed by atoms with van der Waals surface area (Å²) in [6.45, 7) is 8.63. The maximum absolute atomic E-state index is 13.6. The van der Waals surface area contributed by atoms with E-state index in [0.717, 1.165) is 18.7 Å².